The molecule has 4 rings (SSSR count). The number of hydrogen-bond acceptors (Lipinski definition) is 6. The molecule has 8 heteroatoms. The van der Waals surface area contributed by atoms with Crippen LogP contribution in [-0.4, -0.2) is 49.0 Å². The van der Waals surface area contributed by atoms with Crippen molar-refractivity contribution < 1.29 is 18.3 Å². The van der Waals surface area contributed by atoms with Crippen LogP contribution in [0.5, 0.6) is 0 Å². The number of carboxylic acids is 1. The minimum Gasteiger partial charge on any atom is -0.480 e. The van der Waals surface area contributed by atoms with Crippen LogP contribution in [0.4, 0.5) is 0 Å². The molecule has 0 saturated carbocycles. The van der Waals surface area contributed by atoms with E-state index in [1.807, 2.05) is 36.4 Å². The van der Waals surface area contributed by atoms with Crippen LogP contribution in [0.2, 0.25) is 0 Å². The van der Waals surface area contributed by atoms with Gasteiger partial charge in [0.25, 0.3) is 0 Å². The quantitative estimate of drug-likeness (QED) is 0.715. The molecule has 0 bridgehead atoms. The molecule has 0 aromatic heterocycles. The van der Waals surface area contributed by atoms with Crippen LogP contribution in [0.3, 0.4) is 0 Å². The third-order valence-electron chi connectivity index (χ3n) is 4.56. The molecule has 136 valence electrons. The van der Waals surface area contributed by atoms with E-state index in [0.29, 0.717) is 0 Å². The molecule has 2 aliphatic rings. The van der Waals surface area contributed by atoms with Crippen LogP contribution in [0.25, 0.3) is 0 Å². The summed E-state index contributed by atoms with van der Waals surface area (Å²) in [6.45, 7) is 0.495. The van der Waals surface area contributed by atoms with E-state index in [9.17, 15) is 18.3 Å². The van der Waals surface area contributed by atoms with Crippen molar-refractivity contribution in [3.63, 3.8) is 0 Å². The third kappa shape index (κ3) is 3.38. The first-order valence-corrected chi connectivity index (χ1v) is 11.6. The molecule has 2 heterocycles. The van der Waals surface area contributed by atoms with Gasteiger partial charge in [-0.3, -0.25) is 9.69 Å². The number of aliphatic carboxylic acids is 1. The van der Waals surface area contributed by atoms with Gasteiger partial charge in [0, 0.05) is 32.7 Å². The Kier molecular flexibility index (Phi) is 4.77. The summed E-state index contributed by atoms with van der Waals surface area (Å²) in [6, 6.07) is 13.0. The number of hydrogen-bond donors (Lipinski definition) is 1. The average Bonchev–Trinajstić information content (AvgIpc) is 2.61. The highest BCUT2D eigenvalue weighted by molar-refractivity contribution is 8.05. The van der Waals surface area contributed by atoms with E-state index >= 15 is 0 Å². The van der Waals surface area contributed by atoms with E-state index in [2.05, 4.69) is 6.07 Å². The van der Waals surface area contributed by atoms with Gasteiger partial charge in [-0.15, -0.1) is 0 Å². The van der Waals surface area contributed by atoms with Crippen molar-refractivity contribution in [1.29, 1.82) is 0 Å². The Labute approximate surface area is 160 Å². The molecule has 5 nitrogen and oxygen atoms in total. The number of rotatable bonds is 3. The van der Waals surface area contributed by atoms with Crippen molar-refractivity contribution in [2.45, 2.75) is 25.6 Å². The SMILES string of the molecule is O=C(O)[C@H](c1cccc2c1Sc1ccccc1S2)N1CCS(=O)(=O)CC1. The lowest BCUT2D eigenvalue weighted by Gasteiger charge is -2.33. The van der Waals surface area contributed by atoms with Gasteiger partial charge in [0.1, 0.15) is 6.04 Å². The molecule has 0 radical (unpaired) electrons. The molecule has 26 heavy (non-hydrogen) atoms. The van der Waals surface area contributed by atoms with Gasteiger partial charge in [-0.25, -0.2) is 8.42 Å². The lowest BCUT2D eigenvalue weighted by molar-refractivity contribution is -0.143. The first-order chi connectivity index (χ1) is 12.4. The van der Waals surface area contributed by atoms with Crippen molar-refractivity contribution in [3.05, 3.63) is 48.0 Å². The Morgan fingerprint density at radius 1 is 0.962 bits per heavy atom. The summed E-state index contributed by atoms with van der Waals surface area (Å²) in [5.74, 6) is -0.922. The molecule has 1 fully saturated rings. The Hall–Kier alpha value is -1.48. The number of benzene rings is 2. The predicted molar refractivity (Wildman–Crippen MR) is 102 cm³/mol. The Bertz CT molecular complexity index is 960. The maximum absolute atomic E-state index is 12.1. The highest BCUT2D eigenvalue weighted by Crippen LogP contribution is 2.51. The number of carboxylic acid groups (broad SMARTS) is 1. The molecule has 0 amide bonds. The average molecular weight is 408 g/mol. The largest absolute Gasteiger partial charge is 0.480 e. The zero-order valence-corrected chi connectivity index (χ0v) is 16.2. The minimum absolute atomic E-state index is 0.0104. The maximum Gasteiger partial charge on any atom is 0.325 e. The Balaban J connectivity index is 1.72. The highest BCUT2D eigenvalue weighted by Gasteiger charge is 2.35. The molecule has 2 aromatic rings. The molecular weight excluding hydrogens is 390 g/mol. The number of sulfone groups is 1. The van der Waals surface area contributed by atoms with Gasteiger partial charge in [-0.2, -0.15) is 0 Å². The molecule has 1 saturated heterocycles. The highest BCUT2D eigenvalue weighted by atomic mass is 32.2. The smallest absolute Gasteiger partial charge is 0.325 e. The van der Waals surface area contributed by atoms with Gasteiger partial charge in [-0.1, -0.05) is 47.8 Å². The van der Waals surface area contributed by atoms with Crippen molar-refractivity contribution in [3.8, 4) is 0 Å². The summed E-state index contributed by atoms with van der Waals surface area (Å²) < 4.78 is 23.4. The fourth-order valence-corrected chi connectivity index (χ4v) is 6.90. The minimum atomic E-state index is -3.06. The van der Waals surface area contributed by atoms with Crippen LogP contribution >= 0.6 is 23.5 Å². The summed E-state index contributed by atoms with van der Waals surface area (Å²) in [6.07, 6.45) is 0. The van der Waals surface area contributed by atoms with E-state index in [0.717, 1.165) is 25.1 Å². The third-order valence-corrected chi connectivity index (χ3v) is 8.80. The summed E-state index contributed by atoms with van der Waals surface area (Å²) in [4.78, 5) is 18.1. The maximum atomic E-state index is 12.1. The van der Waals surface area contributed by atoms with Gasteiger partial charge < -0.3 is 5.11 Å². The molecule has 0 unspecified atom stereocenters. The van der Waals surface area contributed by atoms with Crippen LogP contribution in [0.15, 0.2) is 62.0 Å². The molecule has 2 aliphatic heterocycles. The Morgan fingerprint density at radius 3 is 2.23 bits per heavy atom. The lowest BCUT2D eigenvalue weighted by atomic mass is 10.1. The van der Waals surface area contributed by atoms with E-state index in [-0.39, 0.29) is 24.6 Å². The number of fused-ring (bicyclic) bond motifs is 2. The second kappa shape index (κ2) is 6.92. The second-order valence-electron chi connectivity index (χ2n) is 6.25. The number of carbonyl (C=O) groups is 1. The normalized spacial score (nSPS) is 20.0. The van der Waals surface area contributed by atoms with Crippen LogP contribution in [0, 0.1) is 0 Å². The molecule has 0 aliphatic carbocycles. The fraction of sp³-hybridized carbons (Fsp3) is 0.278. The van der Waals surface area contributed by atoms with Crippen molar-refractivity contribution in [1.82, 2.24) is 4.90 Å². The summed E-state index contributed by atoms with van der Waals surface area (Å²) in [7, 11) is -3.06. The van der Waals surface area contributed by atoms with Gasteiger partial charge in [0.2, 0.25) is 0 Å². The van der Waals surface area contributed by atoms with E-state index in [1.54, 1.807) is 28.4 Å². The predicted octanol–water partition coefficient (Wildman–Crippen LogP) is 3.16. The molecular formula is C18H17NO4S3. The van der Waals surface area contributed by atoms with Gasteiger partial charge in [0.05, 0.1) is 11.5 Å². The lowest BCUT2D eigenvalue weighted by Crippen LogP contribution is -2.44. The second-order valence-corrected chi connectivity index (χ2v) is 10.7. The van der Waals surface area contributed by atoms with Crippen molar-refractivity contribution in [2.75, 3.05) is 24.6 Å². The first kappa shape index (κ1) is 17.9. The van der Waals surface area contributed by atoms with Crippen molar-refractivity contribution >= 4 is 39.3 Å². The van der Waals surface area contributed by atoms with Crippen LogP contribution in [0.1, 0.15) is 11.6 Å². The van der Waals surface area contributed by atoms with E-state index in [4.69, 9.17) is 0 Å². The zero-order chi connectivity index (χ0) is 18.3. The van der Waals surface area contributed by atoms with Crippen LogP contribution < -0.4 is 0 Å². The fourth-order valence-electron chi connectivity index (χ4n) is 3.26. The summed E-state index contributed by atoms with van der Waals surface area (Å²) in [5.41, 5.74) is 0.737. The first-order valence-electron chi connectivity index (χ1n) is 8.19. The monoisotopic (exact) mass is 407 g/mol. The molecule has 1 N–H and O–H groups in total. The molecule has 1 atom stereocenters. The zero-order valence-electron chi connectivity index (χ0n) is 13.8. The van der Waals surface area contributed by atoms with Crippen LogP contribution in [-0.2, 0) is 14.6 Å². The van der Waals surface area contributed by atoms with Crippen molar-refractivity contribution in [2.24, 2.45) is 0 Å². The van der Waals surface area contributed by atoms with E-state index in [1.165, 1.54) is 0 Å². The summed E-state index contributed by atoms with van der Waals surface area (Å²) >= 11 is 3.23. The van der Waals surface area contributed by atoms with E-state index < -0.39 is 21.8 Å². The number of nitrogens with zero attached hydrogens (tertiary/aromatic N) is 1. The molecule has 2 aromatic carbocycles. The Morgan fingerprint density at radius 2 is 1.58 bits per heavy atom. The standard InChI is InChI=1S/C18H17NO4S3/c20-18(21)16(19-8-10-26(22,23)11-9-19)12-4-3-7-15-17(12)25-14-6-2-1-5-13(14)24-15/h1-7,16H,8-11H2,(H,20,21)/t16-/m0/s1. The topological polar surface area (TPSA) is 74.7 Å². The van der Waals surface area contributed by atoms with Gasteiger partial charge in [-0.05, 0) is 23.8 Å². The summed E-state index contributed by atoms with van der Waals surface area (Å²) in [5, 5.41) is 9.90. The van der Waals surface area contributed by atoms with Gasteiger partial charge in [0.15, 0.2) is 9.84 Å². The van der Waals surface area contributed by atoms with Gasteiger partial charge >= 0.3 is 5.97 Å². The molecule has 0 spiro atoms.